The Balaban J connectivity index is 1.53. The van der Waals surface area contributed by atoms with Gasteiger partial charge in [0.25, 0.3) is 0 Å². The highest BCUT2D eigenvalue weighted by molar-refractivity contribution is 8.01. The van der Waals surface area contributed by atoms with Crippen molar-refractivity contribution in [3.8, 4) is 0 Å². The smallest absolute Gasteiger partial charge is 0.230 e. The molecule has 0 saturated heterocycles. The summed E-state index contributed by atoms with van der Waals surface area (Å²) >= 11 is 3.10. The van der Waals surface area contributed by atoms with Crippen molar-refractivity contribution in [3.05, 3.63) is 24.3 Å². The van der Waals surface area contributed by atoms with Crippen LogP contribution >= 0.6 is 23.1 Å². The minimum absolute atomic E-state index is 0.0320. The number of nitrogens with one attached hydrogen (secondary N) is 1. The molecule has 0 spiro atoms. The molecule has 1 saturated carbocycles. The number of para-hydroxylation sites is 1. The van der Waals surface area contributed by atoms with Crippen molar-refractivity contribution < 1.29 is 9.90 Å². The van der Waals surface area contributed by atoms with E-state index in [-0.39, 0.29) is 24.5 Å². The molecule has 21 heavy (non-hydrogen) atoms. The number of hydrogen-bond donors (Lipinski definition) is 2. The van der Waals surface area contributed by atoms with Crippen LogP contribution in [0.5, 0.6) is 0 Å². The summed E-state index contributed by atoms with van der Waals surface area (Å²) in [7, 11) is 0. The number of fused-ring (bicyclic) bond motifs is 1. The standard InChI is InChI=1S/C15H18N2O2S2/c18-8-10-4-3-6-11(10)16-14(19)9-20-15-17-12-5-1-2-7-13(12)21-15/h1-2,5,7,10-11,18H,3-4,6,8-9H2,(H,16,19). The molecule has 0 bridgehead atoms. The van der Waals surface area contributed by atoms with E-state index in [0.717, 1.165) is 33.8 Å². The highest BCUT2D eigenvalue weighted by atomic mass is 32.2. The summed E-state index contributed by atoms with van der Waals surface area (Å²) in [4.78, 5) is 16.5. The molecule has 1 aliphatic rings. The van der Waals surface area contributed by atoms with Crippen LogP contribution < -0.4 is 5.32 Å². The van der Waals surface area contributed by atoms with E-state index < -0.39 is 0 Å². The normalized spacial score (nSPS) is 21.8. The Labute approximate surface area is 132 Å². The van der Waals surface area contributed by atoms with Gasteiger partial charge in [0.15, 0.2) is 4.34 Å². The first kappa shape index (κ1) is 14.8. The number of rotatable bonds is 5. The van der Waals surface area contributed by atoms with Gasteiger partial charge in [-0.3, -0.25) is 4.79 Å². The van der Waals surface area contributed by atoms with Crippen molar-refractivity contribution in [2.75, 3.05) is 12.4 Å². The van der Waals surface area contributed by atoms with Crippen LogP contribution in [0.15, 0.2) is 28.6 Å². The monoisotopic (exact) mass is 322 g/mol. The molecule has 1 aromatic heterocycles. The first-order valence-corrected chi connectivity index (χ1v) is 8.95. The van der Waals surface area contributed by atoms with Crippen molar-refractivity contribution in [2.45, 2.75) is 29.6 Å². The van der Waals surface area contributed by atoms with Crippen LogP contribution in [-0.2, 0) is 4.79 Å². The predicted octanol–water partition coefficient (Wildman–Crippen LogP) is 2.67. The van der Waals surface area contributed by atoms with E-state index in [2.05, 4.69) is 10.3 Å². The third kappa shape index (κ3) is 3.56. The van der Waals surface area contributed by atoms with Gasteiger partial charge in [0.05, 0.1) is 16.0 Å². The number of thiazole rings is 1. The molecule has 2 atom stereocenters. The van der Waals surface area contributed by atoms with E-state index in [1.807, 2.05) is 24.3 Å². The quantitative estimate of drug-likeness (QED) is 0.831. The minimum Gasteiger partial charge on any atom is -0.396 e. The van der Waals surface area contributed by atoms with E-state index in [9.17, 15) is 9.90 Å². The molecule has 2 N–H and O–H groups in total. The number of amides is 1. The van der Waals surface area contributed by atoms with E-state index in [1.165, 1.54) is 11.8 Å². The number of aliphatic hydroxyl groups is 1. The summed E-state index contributed by atoms with van der Waals surface area (Å²) in [6.45, 7) is 0.163. The van der Waals surface area contributed by atoms with Gasteiger partial charge in [0, 0.05) is 18.6 Å². The van der Waals surface area contributed by atoms with Crippen LogP contribution in [0.25, 0.3) is 10.2 Å². The highest BCUT2D eigenvalue weighted by Gasteiger charge is 2.27. The van der Waals surface area contributed by atoms with Crippen molar-refractivity contribution in [3.63, 3.8) is 0 Å². The van der Waals surface area contributed by atoms with Crippen LogP contribution in [0.2, 0.25) is 0 Å². The fraction of sp³-hybridized carbons (Fsp3) is 0.467. The third-order valence-electron chi connectivity index (χ3n) is 3.84. The lowest BCUT2D eigenvalue weighted by Gasteiger charge is -2.18. The zero-order chi connectivity index (χ0) is 14.7. The first-order chi connectivity index (χ1) is 10.3. The largest absolute Gasteiger partial charge is 0.396 e. The molecule has 0 aliphatic heterocycles. The fourth-order valence-electron chi connectivity index (χ4n) is 2.73. The second kappa shape index (κ2) is 6.77. The predicted molar refractivity (Wildman–Crippen MR) is 86.7 cm³/mol. The Kier molecular flexibility index (Phi) is 4.77. The average Bonchev–Trinajstić information content (AvgIpc) is 3.10. The number of aliphatic hydroxyl groups excluding tert-OH is 1. The van der Waals surface area contributed by atoms with Crippen LogP contribution in [0, 0.1) is 5.92 Å². The number of benzene rings is 1. The maximum absolute atomic E-state index is 12.0. The van der Waals surface area contributed by atoms with E-state index >= 15 is 0 Å². The van der Waals surface area contributed by atoms with Gasteiger partial charge in [0.1, 0.15) is 0 Å². The molecule has 1 heterocycles. The SMILES string of the molecule is O=C(CSc1nc2ccccc2s1)NC1CCCC1CO. The van der Waals surface area contributed by atoms with E-state index in [4.69, 9.17) is 0 Å². The van der Waals surface area contributed by atoms with E-state index in [0.29, 0.717) is 5.75 Å². The lowest BCUT2D eigenvalue weighted by atomic mass is 10.1. The summed E-state index contributed by atoms with van der Waals surface area (Å²) in [5.74, 6) is 0.639. The Morgan fingerprint density at radius 3 is 3.10 bits per heavy atom. The van der Waals surface area contributed by atoms with Crippen LogP contribution in [0.4, 0.5) is 0 Å². The summed E-state index contributed by atoms with van der Waals surface area (Å²) in [5.41, 5.74) is 0.988. The summed E-state index contributed by atoms with van der Waals surface area (Å²) in [5, 5.41) is 12.3. The van der Waals surface area contributed by atoms with Gasteiger partial charge in [0.2, 0.25) is 5.91 Å². The maximum Gasteiger partial charge on any atom is 0.230 e. The Hall–Kier alpha value is -1.11. The van der Waals surface area contributed by atoms with E-state index in [1.54, 1.807) is 11.3 Å². The van der Waals surface area contributed by atoms with Gasteiger partial charge in [-0.1, -0.05) is 30.3 Å². The molecule has 1 amide bonds. The summed E-state index contributed by atoms with van der Waals surface area (Å²) in [6.07, 6.45) is 3.07. The highest BCUT2D eigenvalue weighted by Crippen LogP contribution is 2.29. The van der Waals surface area contributed by atoms with Crippen molar-refractivity contribution in [2.24, 2.45) is 5.92 Å². The van der Waals surface area contributed by atoms with Gasteiger partial charge in [-0.05, 0) is 25.0 Å². The molecule has 112 valence electrons. The van der Waals surface area contributed by atoms with Crippen molar-refractivity contribution in [1.82, 2.24) is 10.3 Å². The molecule has 2 unspecified atom stereocenters. The molecule has 0 radical (unpaired) electrons. The van der Waals surface area contributed by atoms with Gasteiger partial charge < -0.3 is 10.4 Å². The number of carbonyl (C=O) groups is 1. The van der Waals surface area contributed by atoms with Gasteiger partial charge >= 0.3 is 0 Å². The zero-order valence-electron chi connectivity index (χ0n) is 11.6. The number of thioether (sulfide) groups is 1. The molecule has 6 heteroatoms. The second-order valence-electron chi connectivity index (χ2n) is 5.28. The molecular formula is C15H18N2O2S2. The Bertz CT molecular complexity index is 596. The minimum atomic E-state index is 0.0320. The van der Waals surface area contributed by atoms with Crippen molar-refractivity contribution in [1.29, 1.82) is 0 Å². The first-order valence-electron chi connectivity index (χ1n) is 7.15. The summed E-state index contributed by atoms with van der Waals surface area (Å²) < 4.78 is 2.08. The molecule has 1 aromatic carbocycles. The molecule has 1 fully saturated rings. The number of hydrogen-bond acceptors (Lipinski definition) is 5. The van der Waals surface area contributed by atoms with Gasteiger partial charge in [-0.15, -0.1) is 11.3 Å². The van der Waals surface area contributed by atoms with Crippen LogP contribution in [0.1, 0.15) is 19.3 Å². The number of aromatic nitrogens is 1. The fourth-order valence-corrected chi connectivity index (χ4v) is 4.61. The van der Waals surface area contributed by atoms with Crippen molar-refractivity contribution >= 4 is 39.2 Å². The lowest BCUT2D eigenvalue weighted by molar-refractivity contribution is -0.119. The van der Waals surface area contributed by atoms with Crippen LogP contribution in [0.3, 0.4) is 0 Å². The maximum atomic E-state index is 12.0. The molecule has 1 aliphatic carbocycles. The Morgan fingerprint density at radius 2 is 2.29 bits per heavy atom. The van der Waals surface area contributed by atoms with Gasteiger partial charge in [-0.2, -0.15) is 0 Å². The molecule has 2 aromatic rings. The Morgan fingerprint density at radius 1 is 1.43 bits per heavy atom. The van der Waals surface area contributed by atoms with Gasteiger partial charge in [-0.25, -0.2) is 4.98 Å². The summed E-state index contributed by atoms with van der Waals surface area (Å²) in [6, 6.07) is 8.13. The second-order valence-corrected chi connectivity index (χ2v) is 7.54. The van der Waals surface area contributed by atoms with Crippen LogP contribution in [-0.4, -0.2) is 34.4 Å². The average molecular weight is 322 g/mol. The molecular weight excluding hydrogens is 304 g/mol. The topological polar surface area (TPSA) is 62.2 Å². The molecule has 4 nitrogen and oxygen atoms in total. The molecule has 3 rings (SSSR count). The lowest BCUT2D eigenvalue weighted by Crippen LogP contribution is -2.39. The third-order valence-corrected chi connectivity index (χ3v) is 6.02. The number of carbonyl (C=O) groups excluding carboxylic acids is 1. The zero-order valence-corrected chi connectivity index (χ0v) is 13.3. The number of nitrogens with zero attached hydrogens (tertiary/aromatic N) is 1.